The number of nitrogens with one attached hydrogen (secondary N) is 1. The Morgan fingerprint density at radius 1 is 1.27 bits per heavy atom. The van der Waals surface area contributed by atoms with Crippen LogP contribution < -0.4 is 5.32 Å². The second-order valence-corrected chi connectivity index (χ2v) is 6.73. The largest absolute Gasteiger partial charge is 0.507 e. The Balaban J connectivity index is 1.67. The molecule has 1 heterocycles. The minimum atomic E-state index is 0.113. The molecule has 1 saturated carbocycles. The van der Waals surface area contributed by atoms with Crippen LogP contribution in [0.3, 0.4) is 0 Å². The van der Waals surface area contributed by atoms with E-state index in [1.54, 1.807) is 18.3 Å². The normalized spacial score (nSPS) is 35.2. The first-order valence-electron chi connectivity index (χ1n) is 8.18. The molecule has 22 heavy (non-hydrogen) atoms. The van der Waals surface area contributed by atoms with Gasteiger partial charge in [0, 0.05) is 23.7 Å². The number of para-hydroxylation sites is 1. The fourth-order valence-corrected chi connectivity index (χ4v) is 3.81. The molecule has 0 spiro atoms. The van der Waals surface area contributed by atoms with E-state index < -0.39 is 0 Å². The van der Waals surface area contributed by atoms with Crippen molar-refractivity contribution in [3.63, 3.8) is 0 Å². The maximum atomic E-state index is 12.0. The third-order valence-corrected chi connectivity index (χ3v) is 5.44. The van der Waals surface area contributed by atoms with Crippen LogP contribution in [0.2, 0.25) is 0 Å². The predicted octanol–water partition coefficient (Wildman–Crippen LogP) is 2.75. The first-order chi connectivity index (χ1) is 10.6. The van der Waals surface area contributed by atoms with Crippen LogP contribution in [0.1, 0.15) is 38.7 Å². The van der Waals surface area contributed by atoms with Gasteiger partial charge in [0.15, 0.2) is 0 Å². The van der Waals surface area contributed by atoms with Crippen LogP contribution >= 0.6 is 0 Å². The zero-order valence-corrected chi connectivity index (χ0v) is 13.2. The number of aliphatic imine (C=N–C) groups is 1. The SMILES string of the molecule is CC1C(=O)NC2CC(N=Cc3ccccc3O)CCC2C1C. The molecule has 5 unspecified atom stereocenters. The highest BCUT2D eigenvalue weighted by Crippen LogP contribution is 2.38. The Morgan fingerprint density at radius 2 is 2.05 bits per heavy atom. The summed E-state index contributed by atoms with van der Waals surface area (Å²) in [4.78, 5) is 16.6. The zero-order chi connectivity index (χ0) is 15.7. The summed E-state index contributed by atoms with van der Waals surface area (Å²) in [5, 5.41) is 13.0. The van der Waals surface area contributed by atoms with Gasteiger partial charge in [-0.3, -0.25) is 9.79 Å². The number of amides is 1. The van der Waals surface area contributed by atoms with Gasteiger partial charge in [0.1, 0.15) is 5.75 Å². The molecule has 1 aliphatic carbocycles. The number of carbonyl (C=O) groups excluding carboxylic acids is 1. The van der Waals surface area contributed by atoms with Gasteiger partial charge >= 0.3 is 0 Å². The smallest absolute Gasteiger partial charge is 0.223 e. The molecule has 4 heteroatoms. The van der Waals surface area contributed by atoms with Crippen molar-refractivity contribution in [2.24, 2.45) is 22.7 Å². The first-order valence-corrected chi connectivity index (χ1v) is 8.18. The molecule has 1 saturated heterocycles. The van der Waals surface area contributed by atoms with E-state index in [1.165, 1.54) is 0 Å². The van der Waals surface area contributed by atoms with Crippen LogP contribution in [-0.2, 0) is 4.79 Å². The van der Waals surface area contributed by atoms with Crippen molar-refractivity contribution in [1.82, 2.24) is 5.32 Å². The number of rotatable bonds is 2. The van der Waals surface area contributed by atoms with Crippen LogP contribution in [0.25, 0.3) is 0 Å². The zero-order valence-electron chi connectivity index (χ0n) is 13.2. The molecule has 0 bridgehead atoms. The minimum Gasteiger partial charge on any atom is -0.507 e. The van der Waals surface area contributed by atoms with E-state index in [0.717, 1.165) is 24.8 Å². The summed E-state index contributed by atoms with van der Waals surface area (Å²) in [5.41, 5.74) is 0.749. The summed E-state index contributed by atoms with van der Waals surface area (Å²) in [6.45, 7) is 4.23. The lowest BCUT2D eigenvalue weighted by molar-refractivity contribution is -0.132. The van der Waals surface area contributed by atoms with Crippen molar-refractivity contribution in [3.05, 3.63) is 29.8 Å². The van der Waals surface area contributed by atoms with E-state index >= 15 is 0 Å². The van der Waals surface area contributed by atoms with Crippen LogP contribution in [-0.4, -0.2) is 29.3 Å². The number of nitrogens with zero attached hydrogens (tertiary/aromatic N) is 1. The van der Waals surface area contributed by atoms with E-state index in [-0.39, 0.29) is 29.7 Å². The average Bonchev–Trinajstić information content (AvgIpc) is 2.52. The molecule has 118 valence electrons. The highest BCUT2D eigenvalue weighted by Gasteiger charge is 2.42. The van der Waals surface area contributed by atoms with E-state index in [4.69, 9.17) is 0 Å². The Bertz CT molecular complexity index is 584. The second-order valence-electron chi connectivity index (χ2n) is 6.73. The van der Waals surface area contributed by atoms with Crippen molar-refractivity contribution >= 4 is 12.1 Å². The number of carbonyl (C=O) groups is 1. The molecule has 0 radical (unpaired) electrons. The lowest BCUT2D eigenvalue weighted by Gasteiger charge is -2.44. The fraction of sp³-hybridized carbons (Fsp3) is 0.556. The molecule has 2 N–H and O–H groups in total. The van der Waals surface area contributed by atoms with Crippen molar-refractivity contribution in [2.45, 2.75) is 45.2 Å². The van der Waals surface area contributed by atoms with E-state index in [2.05, 4.69) is 17.2 Å². The van der Waals surface area contributed by atoms with Gasteiger partial charge in [0.25, 0.3) is 0 Å². The third kappa shape index (κ3) is 2.87. The molecule has 2 fully saturated rings. The number of phenolic OH excluding ortho intramolecular Hbond substituents is 1. The summed E-state index contributed by atoms with van der Waals surface area (Å²) < 4.78 is 0. The second kappa shape index (κ2) is 6.11. The molecule has 1 aromatic rings. The van der Waals surface area contributed by atoms with E-state index in [0.29, 0.717) is 11.8 Å². The maximum Gasteiger partial charge on any atom is 0.223 e. The van der Waals surface area contributed by atoms with Gasteiger partial charge < -0.3 is 10.4 Å². The fourth-order valence-electron chi connectivity index (χ4n) is 3.81. The minimum absolute atomic E-state index is 0.113. The first kappa shape index (κ1) is 15.1. The van der Waals surface area contributed by atoms with Crippen LogP contribution in [0.4, 0.5) is 0 Å². The lowest BCUT2D eigenvalue weighted by atomic mass is 9.68. The summed E-state index contributed by atoms with van der Waals surface area (Å²) in [5.74, 6) is 1.57. The number of piperidine rings is 1. The van der Waals surface area contributed by atoms with Crippen molar-refractivity contribution in [2.75, 3.05) is 0 Å². The summed E-state index contributed by atoms with van der Waals surface area (Å²) in [6, 6.07) is 7.69. The van der Waals surface area contributed by atoms with Crippen LogP contribution in [0.5, 0.6) is 5.75 Å². The Hall–Kier alpha value is -1.84. The van der Waals surface area contributed by atoms with Gasteiger partial charge in [0.2, 0.25) is 5.91 Å². The molecule has 2 aliphatic rings. The lowest BCUT2D eigenvalue weighted by Crippen LogP contribution is -2.55. The van der Waals surface area contributed by atoms with Gasteiger partial charge in [-0.1, -0.05) is 26.0 Å². The molecular weight excluding hydrogens is 276 g/mol. The Kier molecular flexibility index (Phi) is 4.19. The maximum absolute atomic E-state index is 12.0. The summed E-state index contributed by atoms with van der Waals surface area (Å²) >= 11 is 0. The topological polar surface area (TPSA) is 61.7 Å². The Labute approximate surface area is 131 Å². The third-order valence-electron chi connectivity index (χ3n) is 5.44. The monoisotopic (exact) mass is 300 g/mol. The molecule has 1 aromatic carbocycles. The molecule has 1 aliphatic heterocycles. The van der Waals surface area contributed by atoms with Crippen molar-refractivity contribution in [1.29, 1.82) is 0 Å². The van der Waals surface area contributed by atoms with Gasteiger partial charge in [-0.05, 0) is 43.2 Å². The average molecular weight is 300 g/mol. The van der Waals surface area contributed by atoms with Gasteiger partial charge in [0.05, 0.1) is 6.04 Å². The summed E-state index contributed by atoms with van der Waals surface area (Å²) in [6.07, 6.45) is 4.83. The molecule has 5 atom stereocenters. The number of aromatic hydroxyl groups is 1. The standard InChI is InChI=1S/C18H24N2O2/c1-11-12(2)18(22)20-16-9-14(7-8-15(11)16)19-10-13-5-3-4-6-17(13)21/h3-6,10-12,14-16,21H,7-9H2,1-2H3,(H,20,22). The van der Waals surface area contributed by atoms with E-state index in [9.17, 15) is 9.90 Å². The van der Waals surface area contributed by atoms with E-state index in [1.807, 2.05) is 19.1 Å². The highest BCUT2D eigenvalue weighted by atomic mass is 16.3. The predicted molar refractivity (Wildman–Crippen MR) is 87.1 cm³/mol. The summed E-state index contributed by atoms with van der Waals surface area (Å²) in [7, 11) is 0. The molecular formula is C18H24N2O2. The van der Waals surface area contributed by atoms with Gasteiger partial charge in [-0.15, -0.1) is 0 Å². The number of hydrogen-bond donors (Lipinski definition) is 2. The Morgan fingerprint density at radius 3 is 2.82 bits per heavy atom. The molecule has 4 nitrogen and oxygen atoms in total. The van der Waals surface area contributed by atoms with Crippen molar-refractivity contribution in [3.8, 4) is 5.75 Å². The number of fused-ring (bicyclic) bond motifs is 1. The molecule has 3 rings (SSSR count). The van der Waals surface area contributed by atoms with Gasteiger partial charge in [-0.25, -0.2) is 0 Å². The van der Waals surface area contributed by atoms with Crippen molar-refractivity contribution < 1.29 is 9.90 Å². The number of hydrogen-bond acceptors (Lipinski definition) is 3. The van der Waals surface area contributed by atoms with Crippen LogP contribution in [0.15, 0.2) is 29.3 Å². The van der Waals surface area contributed by atoms with Gasteiger partial charge in [-0.2, -0.15) is 0 Å². The number of phenols is 1. The highest BCUT2D eigenvalue weighted by molar-refractivity contribution is 5.83. The molecule has 1 amide bonds. The quantitative estimate of drug-likeness (QED) is 0.825. The number of benzene rings is 1. The van der Waals surface area contributed by atoms with Crippen LogP contribution in [0, 0.1) is 17.8 Å². The molecule has 0 aromatic heterocycles.